The fourth-order valence-corrected chi connectivity index (χ4v) is 3.45. The lowest BCUT2D eigenvalue weighted by Gasteiger charge is -2.33. The first kappa shape index (κ1) is 13.6. The summed E-state index contributed by atoms with van der Waals surface area (Å²) in [6.45, 7) is 3.86. The molecule has 0 aromatic heterocycles. The van der Waals surface area contributed by atoms with E-state index in [9.17, 15) is 9.18 Å². The van der Waals surface area contributed by atoms with Gasteiger partial charge in [-0.25, -0.2) is 4.39 Å². The Morgan fingerprint density at radius 1 is 1.30 bits per heavy atom. The largest absolute Gasteiger partial charge is 0.342 e. The van der Waals surface area contributed by atoms with Crippen molar-refractivity contribution in [3.05, 3.63) is 35.6 Å². The Labute approximate surface area is 119 Å². The van der Waals surface area contributed by atoms with Gasteiger partial charge in [0.1, 0.15) is 5.82 Å². The molecule has 0 unspecified atom stereocenters. The molecule has 2 aliphatic rings. The van der Waals surface area contributed by atoms with Crippen molar-refractivity contribution in [3.8, 4) is 0 Å². The standard InChI is InChI=1S/C16H21FN2O/c17-14-3-1-2-13(10-14)11-15(20)19-9-6-16(12-19)4-7-18-8-5-16/h1-3,10,18H,4-9,11-12H2. The Morgan fingerprint density at radius 2 is 2.10 bits per heavy atom. The second-order valence-corrected chi connectivity index (χ2v) is 6.12. The van der Waals surface area contributed by atoms with Gasteiger partial charge in [-0.2, -0.15) is 0 Å². The van der Waals surface area contributed by atoms with Crippen LogP contribution < -0.4 is 5.32 Å². The van der Waals surface area contributed by atoms with E-state index in [0.717, 1.165) is 51.0 Å². The van der Waals surface area contributed by atoms with E-state index in [2.05, 4.69) is 5.32 Å². The van der Waals surface area contributed by atoms with Gasteiger partial charge in [-0.3, -0.25) is 4.79 Å². The summed E-state index contributed by atoms with van der Waals surface area (Å²) in [7, 11) is 0. The predicted octanol–water partition coefficient (Wildman–Crippen LogP) is 1.97. The van der Waals surface area contributed by atoms with Crippen molar-refractivity contribution in [2.24, 2.45) is 5.41 Å². The summed E-state index contributed by atoms with van der Waals surface area (Å²) in [5.74, 6) is -0.141. The van der Waals surface area contributed by atoms with E-state index in [0.29, 0.717) is 11.8 Å². The molecule has 108 valence electrons. The van der Waals surface area contributed by atoms with Crippen LogP contribution in [0.1, 0.15) is 24.8 Å². The van der Waals surface area contributed by atoms with E-state index in [1.807, 2.05) is 11.0 Å². The van der Waals surface area contributed by atoms with Crippen molar-refractivity contribution in [1.82, 2.24) is 10.2 Å². The molecule has 20 heavy (non-hydrogen) atoms. The lowest BCUT2D eigenvalue weighted by Crippen LogP contribution is -2.40. The van der Waals surface area contributed by atoms with Gasteiger partial charge < -0.3 is 10.2 Å². The number of rotatable bonds is 2. The Hall–Kier alpha value is -1.42. The van der Waals surface area contributed by atoms with Gasteiger partial charge in [0.05, 0.1) is 6.42 Å². The van der Waals surface area contributed by atoms with Crippen LogP contribution in [-0.2, 0) is 11.2 Å². The Morgan fingerprint density at radius 3 is 2.85 bits per heavy atom. The number of piperidine rings is 1. The average molecular weight is 276 g/mol. The minimum Gasteiger partial charge on any atom is -0.342 e. The molecule has 3 nitrogen and oxygen atoms in total. The fraction of sp³-hybridized carbons (Fsp3) is 0.562. The van der Waals surface area contributed by atoms with Crippen LogP contribution in [0.2, 0.25) is 0 Å². The van der Waals surface area contributed by atoms with Crippen molar-refractivity contribution >= 4 is 5.91 Å². The van der Waals surface area contributed by atoms with Gasteiger partial charge in [-0.1, -0.05) is 12.1 Å². The minimum atomic E-state index is -0.272. The zero-order valence-corrected chi connectivity index (χ0v) is 11.7. The van der Waals surface area contributed by atoms with Crippen molar-refractivity contribution in [3.63, 3.8) is 0 Å². The van der Waals surface area contributed by atoms with Crippen molar-refractivity contribution in [2.75, 3.05) is 26.2 Å². The number of likely N-dealkylation sites (tertiary alicyclic amines) is 1. The molecule has 2 saturated heterocycles. The molecule has 0 atom stereocenters. The number of hydrogen-bond acceptors (Lipinski definition) is 2. The second kappa shape index (κ2) is 5.52. The number of benzene rings is 1. The molecule has 2 fully saturated rings. The molecule has 1 aromatic carbocycles. The number of carbonyl (C=O) groups is 1. The Balaban J connectivity index is 1.61. The smallest absolute Gasteiger partial charge is 0.227 e. The highest BCUT2D eigenvalue weighted by Crippen LogP contribution is 2.38. The SMILES string of the molecule is O=C(Cc1cccc(F)c1)N1CCC2(CCNCC2)C1. The Bertz CT molecular complexity index is 497. The van der Waals surface area contributed by atoms with Gasteiger partial charge in [-0.05, 0) is 55.5 Å². The molecule has 1 N–H and O–H groups in total. The topological polar surface area (TPSA) is 32.3 Å². The molecule has 1 amide bonds. The highest BCUT2D eigenvalue weighted by molar-refractivity contribution is 5.79. The summed E-state index contributed by atoms with van der Waals surface area (Å²) >= 11 is 0. The van der Waals surface area contributed by atoms with Crippen molar-refractivity contribution in [2.45, 2.75) is 25.7 Å². The molecule has 0 bridgehead atoms. The van der Waals surface area contributed by atoms with Crippen LogP contribution in [0, 0.1) is 11.2 Å². The molecule has 0 aliphatic carbocycles. The van der Waals surface area contributed by atoms with Crippen LogP contribution in [0.5, 0.6) is 0 Å². The van der Waals surface area contributed by atoms with Gasteiger partial charge in [0.25, 0.3) is 0 Å². The van der Waals surface area contributed by atoms with E-state index in [1.165, 1.54) is 12.1 Å². The van der Waals surface area contributed by atoms with E-state index in [4.69, 9.17) is 0 Å². The molecule has 2 aliphatic heterocycles. The van der Waals surface area contributed by atoms with Gasteiger partial charge >= 0.3 is 0 Å². The number of hydrogen-bond donors (Lipinski definition) is 1. The molecule has 0 saturated carbocycles. The molecule has 0 radical (unpaired) electrons. The molecular formula is C16H21FN2O. The van der Waals surface area contributed by atoms with Gasteiger partial charge in [0, 0.05) is 13.1 Å². The normalized spacial score (nSPS) is 21.4. The van der Waals surface area contributed by atoms with Crippen LogP contribution in [0.3, 0.4) is 0 Å². The minimum absolute atomic E-state index is 0.131. The summed E-state index contributed by atoms with van der Waals surface area (Å²) in [5.41, 5.74) is 1.10. The lowest BCUT2D eigenvalue weighted by atomic mass is 9.78. The predicted molar refractivity (Wildman–Crippen MR) is 75.8 cm³/mol. The van der Waals surface area contributed by atoms with Crippen molar-refractivity contribution in [1.29, 1.82) is 0 Å². The van der Waals surface area contributed by atoms with E-state index >= 15 is 0 Å². The summed E-state index contributed by atoms with van der Waals surface area (Å²) in [6.07, 6.45) is 3.75. The summed E-state index contributed by atoms with van der Waals surface area (Å²) in [6, 6.07) is 6.34. The van der Waals surface area contributed by atoms with Gasteiger partial charge in [0.2, 0.25) is 5.91 Å². The number of nitrogens with zero attached hydrogens (tertiary/aromatic N) is 1. The maximum atomic E-state index is 13.1. The highest BCUT2D eigenvalue weighted by Gasteiger charge is 2.40. The number of halogens is 1. The Kier molecular flexibility index (Phi) is 3.74. The maximum Gasteiger partial charge on any atom is 0.227 e. The first-order valence-electron chi connectivity index (χ1n) is 7.40. The highest BCUT2D eigenvalue weighted by atomic mass is 19.1. The maximum absolute atomic E-state index is 13.1. The summed E-state index contributed by atoms with van der Waals surface area (Å²) in [4.78, 5) is 14.3. The van der Waals surface area contributed by atoms with Gasteiger partial charge in [-0.15, -0.1) is 0 Å². The first-order chi connectivity index (χ1) is 9.67. The summed E-state index contributed by atoms with van der Waals surface area (Å²) in [5, 5.41) is 3.38. The van der Waals surface area contributed by atoms with Crippen LogP contribution in [0.4, 0.5) is 4.39 Å². The molecule has 1 spiro atoms. The van der Waals surface area contributed by atoms with Crippen LogP contribution in [0.25, 0.3) is 0 Å². The van der Waals surface area contributed by atoms with E-state index < -0.39 is 0 Å². The molecule has 3 rings (SSSR count). The van der Waals surface area contributed by atoms with Crippen LogP contribution >= 0.6 is 0 Å². The zero-order valence-electron chi connectivity index (χ0n) is 11.7. The van der Waals surface area contributed by atoms with E-state index in [1.54, 1.807) is 6.07 Å². The number of carbonyl (C=O) groups excluding carboxylic acids is 1. The number of amides is 1. The zero-order chi connectivity index (χ0) is 14.0. The monoisotopic (exact) mass is 276 g/mol. The number of nitrogens with one attached hydrogen (secondary N) is 1. The quantitative estimate of drug-likeness (QED) is 0.895. The third kappa shape index (κ3) is 2.85. The third-order valence-corrected chi connectivity index (χ3v) is 4.70. The average Bonchev–Trinajstić information content (AvgIpc) is 2.83. The lowest BCUT2D eigenvalue weighted by molar-refractivity contribution is -0.129. The van der Waals surface area contributed by atoms with Crippen LogP contribution in [0.15, 0.2) is 24.3 Å². The molecule has 2 heterocycles. The van der Waals surface area contributed by atoms with Gasteiger partial charge in [0.15, 0.2) is 0 Å². The summed E-state index contributed by atoms with van der Waals surface area (Å²) < 4.78 is 13.1. The third-order valence-electron chi connectivity index (χ3n) is 4.70. The fourth-order valence-electron chi connectivity index (χ4n) is 3.45. The van der Waals surface area contributed by atoms with E-state index in [-0.39, 0.29) is 11.7 Å². The van der Waals surface area contributed by atoms with Crippen LogP contribution in [-0.4, -0.2) is 37.0 Å². The molecule has 1 aromatic rings. The first-order valence-corrected chi connectivity index (χ1v) is 7.40. The molecule has 4 heteroatoms. The molecular weight excluding hydrogens is 255 g/mol. The van der Waals surface area contributed by atoms with Crippen molar-refractivity contribution < 1.29 is 9.18 Å². The second-order valence-electron chi connectivity index (χ2n) is 6.12.